The van der Waals surface area contributed by atoms with Crippen molar-refractivity contribution in [2.24, 2.45) is 0 Å². The number of unbranched alkanes of at least 4 members (excludes halogenated alkanes) is 4. The molecule has 0 aromatic carbocycles. The van der Waals surface area contributed by atoms with Crippen molar-refractivity contribution in [3.8, 4) is 12.3 Å². The van der Waals surface area contributed by atoms with E-state index in [2.05, 4.69) is 5.92 Å². The van der Waals surface area contributed by atoms with Crippen LogP contribution in [0.1, 0.15) is 38.5 Å². The summed E-state index contributed by atoms with van der Waals surface area (Å²) in [5, 5.41) is 0. The zero-order valence-electron chi connectivity index (χ0n) is 10.7. The molecule has 0 radical (unpaired) electrons. The zero-order chi connectivity index (χ0) is 16.9. The Balaban J connectivity index is 4.71. The molecular formula is C12H13F9. The molecule has 0 unspecified atom stereocenters. The highest BCUT2D eigenvalue weighted by molar-refractivity contribution is 5.00. The van der Waals surface area contributed by atoms with Gasteiger partial charge >= 0.3 is 23.9 Å². The summed E-state index contributed by atoms with van der Waals surface area (Å²) >= 11 is 0. The third-order valence-electron chi connectivity index (χ3n) is 2.77. The van der Waals surface area contributed by atoms with Crippen LogP contribution in [0.5, 0.6) is 0 Å². The Morgan fingerprint density at radius 2 is 1.14 bits per heavy atom. The second-order valence-electron chi connectivity index (χ2n) is 4.47. The van der Waals surface area contributed by atoms with Crippen LogP contribution in [0, 0.1) is 12.3 Å². The fourth-order valence-electron chi connectivity index (χ4n) is 1.49. The molecule has 21 heavy (non-hydrogen) atoms. The van der Waals surface area contributed by atoms with Crippen LogP contribution in [0.4, 0.5) is 39.5 Å². The van der Waals surface area contributed by atoms with Crippen LogP contribution in [0.2, 0.25) is 0 Å². The quantitative estimate of drug-likeness (QED) is 0.317. The summed E-state index contributed by atoms with van der Waals surface area (Å²) in [5.41, 5.74) is 0. The van der Waals surface area contributed by atoms with Gasteiger partial charge < -0.3 is 0 Å². The van der Waals surface area contributed by atoms with Crippen LogP contribution in [-0.4, -0.2) is 23.9 Å². The third kappa shape index (κ3) is 4.45. The average Bonchev–Trinajstić information content (AvgIpc) is 2.31. The van der Waals surface area contributed by atoms with Crippen LogP contribution in [-0.2, 0) is 0 Å². The molecule has 0 bridgehead atoms. The summed E-state index contributed by atoms with van der Waals surface area (Å²) in [6.45, 7) is 0. The van der Waals surface area contributed by atoms with Crippen molar-refractivity contribution in [2.75, 3.05) is 0 Å². The van der Waals surface area contributed by atoms with Crippen molar-refractivity contribution in [2.45, 2.75) is 62.5 Å². The van der Waals surface area contributed by atoms with Gasteiger partial charge in [0.2, 0.25) is 0 Å². The van der Waals surface area contributed by atoms with Gasteiger partial charge in [0.05, 0.1) is 0 Å². The minimum atomic E-state index is -6.80. The van der Waals surface area contributed by atoms with Crippen molar-refractivity contribution in [3.63, 3.8) is 0 Å². The summed E-state index contributed by atoms with van der Waals surface area (Å²) in [6.07, 6.45) is -3.20. The van der Waals surface area contributed by atoms with E-state index < -0.39 is 36.8 Å². The van der Waals surface area contributed by atoms with Gasteiger partial charge in [-0.05, 0) is 12.8 Å². The van der Waals surface area contributed by atoms with Crippen LogP contribution in [0.15, 0.2) is 0 Å². The van der Waals surface area contributed by atoms with Gasteiger partial charge in [-0.1, -0.05) is 12.8 Å². The van der Waals surface area contributed by atoms with Gasteiger partial charge in [0.25, 0.3) is 0 Å². The van der Waals surface area contributed by atoms with E-state index in [1.165, 1.54) is 0 Å². The highest BCUT2D eigenvalue weighted by atomic mass is 19.4. The predicted molar refractivity (Wildman–Crippen MR) is 57.4 cm³/mol. The number of terminal acetylenes is 1. The van der Waals surface area contributed by atoms with E-state index in [4.69, 9.17) is 6.42 Å². The maximum absolute atomic E-state index is 13.0. The number of hydrogen-bond acceptors (Lipinski definition) is 0. The number of alkyl halides is 9. The largest absolute Gasteiger partial charge is 0.460 e. The van der Waals surface area contributed by atoms with Crippen LogP contribution in [0.3, 0.4) is 0 Å². The molecular weight excluding hydrogens is 315 g/mol. The molecule has 0 nitrogen and oxygen atoms in total. The third-order valence-corrected chi connectivity index (χ3v) is 2.77. The van der Waals surface area contributed by atoms with Crippen molar-refractivity contribution < 1.29 is 39.5 Å². The smallest absolute Gasteiger partial charge is 0.200 e. The predicted octanol–water partition coefficient (Wildman–Crippen LogP) is 5.43. The van der Waals surface area contributed by atoms with Crippen molar-refractivity contribution >= 4 is 0 Å². The van der Waals surface area contributed by atoms with Crippen LogP contribution >= 0.6 is 0 Å². The maximum Gasteiger partial charge on any atom is 0.460 e. The summed E-state index contributed by atoms with van der Waals surface area (Å²) in [7, 11) is 0. The first-order valence-corrected chi connectivity index (χ1v) is 5.95. The summed E-state index contributed by atoms with van der Waals surface area (Å²) in [5.74, 6) is -16.5. The lowest BCUT2D eigenvalue weighted by molar-refractivity contribution is -0.396. The monoisotopic (exact) mass is 328 g/mol. The Bertz CT molecular complexity index is 362. The molecule has 9 heteroatoms. The molecule has 0 amide bonds. The molecule has 0 rings (SSSR count). The Morgan fingerprint density at radius 3 is 1.57 bits per heavy atom. The molecule has 0 aliphatic heterocycles. The van der Waals surface area contributed by atoms with E-state index in [0.29, 0.717) is 19.3 Å². The second-order valence-corrected chi connectivity index (χ2v) is 4.47. The van der Waals surface area contributed by atoms with E-state index in [1.54, 1.807) is 0 Å². The molecule has 0 saturated heterocycles. The first-order chi connectivity index (χ1) is 9.31. The van der Waals surface area contributed by atoms with Gasteiger partial charge in [0, 0.05) is 12.8 Å². The summed E-state index contributed by atoms with van der Waals surface area (Å²) < 4.78 is 112. The van der Waals surface area contributed by atoms with E-state index in [0.717, 1.165) is 0 Å². The molecule has 0 fully saturated rings. The molecule has 0 N–H and O–H groups in total. The topological polar surface area (TPSA) is 0 Å². The number of hydrogen-bond donors (Lipinski definition) is 0. The highest BCUT2D eigenvalue weighted by Gasteiger charge is 2.81. The van der Waals surface area contributed by atoms with Crippen molar-refractivity contribution in [3.05, 3.63) is 0 Å². The van der Waals surface area contributed by atoms with E-state index in [-0.39, 0.29) is 6.42 Å². The Labute approximate surface area is 115 Å². The van der Waals surface area contributed by atoms with Gasteiger partial charge in [0.1, 0.15) is 0 Å². The molecule has 0 heterocycles. The SMILES string of the molecule is C#CCCCCCCC(F)(F)C(F)(F)C(F)(F)C(F)(F)F. The first kappa shape index (κ1) is 19.9. The Kier molecular flexibility index (Phi) is 6.45. The molecule has 0 atom stereocenters. The lowest BCUT2D eigenvalue weighted by atomic mass is 9.98. The van der Waals surface area contributed by atoms with Crippen molar-refractivity contribution in [1.29, 1.82) is 0 Å². The molecule has 0 aromatic rings. The molecule has 0 saturated carbocycles. The van der Waals surface area contributed by atoms with Crippen molar-refractivity contribution in [1.82, 2.24) is 0 Å². The maximum atomic E-state index is 13.0. The van der Waals surface area contributed by atoms with Crippen LogP contribution < -0.4 is 0 Å². The standard InChI is InChI=1S/C12H13F9/c1-2-3-4-5-6-7-8-9(13,14)10(15,16)11(17,18)12(19,20)21/h1H,3-8H2. The average molecular weight is 328 g/mol. The van der Waals surface area contributed by atoms with Gasteiger partial charge in [-0.3, -0.25) is 0 Å². The fraction of sp³-hybridized carbons (Fsp3) is 0.833. The molecule has 0 aliphatic rings. The Hall–Kier alpha value is -1.07. The van der Waals surface area contributed by atoms with E-state index >= 15 is 0 Å². The minimum Gasteiger partial charge on any atom is -0.200 e. The lowest BCUT2D eigenvalue weighted by Crippen LogP contribution is -2.60. The summed E-state index contributed by atoms with van der Waals surface area (Å²) in [4.78, 5) is 0. The zero-order valence-corrected chi connectivity index (χ0v) is 10.7. The Morgan fingerprint density at radius 1 is 0.667 bits per heavy atom. The fourth-order valence-corrected chi connectivity index (χ4v) is 1.49. The molecule has 0 aromatic heterocycles. The second kappa shape index (κ2) is 6.79. The van der Waals surface area contributed by atoms with E-state index in [9.17, 15) is 39.5 Å². The lowest BCUT2D eigenvalue weighted by Gasteiger charge is -2.33. The van der Waals surface area contributed by atoms with Gasteiger partial charge in [-0.2, -0.15) is 39.5 Å². The normalized spacial score (nSPS) is 14.1. The molecule has 0 aliphatic carbocycles. The van der Waals surface area contributed by atoms with Crippen LogP contribution in [0.25, 0.3) is 0 Å². The highest BCUT2D eigenvalue weighted by Crippen LogP contribution is 2.54. The van der Waals surface area contributed by atoms with E-state index in [1.807, 2.05) is 0 Å². The van der Waals surface area contributed by atoms with Gasteiger partial charge in [-0.25, -0.2) is 0 Å². The van der Waals surface area contributed by atoms with Gasteiger partial charge in [0.15, 0.2) is 0 Å². The van der Waals surface area contributed by atoms with Gasteiger partial charge in [-0.15, -0.1) is 12.3 Å². The number of halogens is 9. The molecule has 0 spiro atoms. The minimum absolute atomic E-state index is 0.0229. The first-order valence-electron chi connectivity index (χ1n) is 5.95. The molecule has 124 valence electrons. The summed E-state index contributed by atoms with van der Waals surface area (Å²) in [6, 6.07) is 0. The number of rotatable bonds is 8.